The van der Waals surface area contributed by atoms with Crippen molar-refractivity contribution in [3.05, 3.63) is 0 Å². The summed E-state index contributed by atoms with van der Waals surface area (Å²) in [6.45, 7) is 1.31. The molecule has 0 aromatic heterocycles. The van der Waals surface area contributed by atoms with Crippen molar-refractivity contribution in [3.63, 3.8) is 0 Å². The van der Waals surface area contributed by atoms with Gasteiger partial charge in [-0.1, -0.05) is 0 Å². The highest BCUT2D eigenvalue weighted by Crippen LogP contribution is 1.85. The SMILES string of the molecule is O=C(O)C1[N]CCN1. The maximum absolute atomic E-state index is 10.0. The largest absolute Gasteiger partial charge is 0.479 e. The molecule has 1 rings (SSSR count). The first kappa shape index (κ1) is 5.53. The second-order valence-corrected chi connectivity index (χ2v) is 1.60. The fraction of sp³-hybridized carbons (Fsp3) is 0.750. The number of hydrogen-bond donors (Lipinski definition) is 2. The van der Waals surface area contributed by atoms with Gasteiger partial charge in [0.2, 0.25) is 0 Å². The first-order valence-electron chi connectivity index (χ1n) is 2.43. The molecule has 45 valence electrons. The van der Waals surface area contributed by atoms with Crippen LogP contribution in [0.5, 0.6) is 0 Å². The van der Waals surface area contributed by atoms with Crippen LogP contribution >= 0.6 is 0 Å². The standard InChI is InChI=1S/C4H7N2O2/c7-4(8)3-5-1-2-6-3/h3,5H,1-2H2,(H,7,8). The summed E-state index contributed by atoms with van der Waals surface area (Å²) in [4.78, 5) is 10.0. The van der Waals surface area contributed by atoms with E-state index in [1.807, 2.05) is 0 Å². The lowest BCUT2D eigenvalue weighted by molar-refractivity contribution is -0.139. The molecule has 1 fully saturated rings. The predicted molar refractivity (Wildman–Crippen MR) is 26.4 cm³/mol. The molecular formula is C4H7N2O2. The highest BCUT2D eigenvalue weighted by atomic mass is 16.4. The Hall–Kier alpha value is -0.610. The van der Waals surface area contributed by atoms with Gasteiger partial charge in [-0.15, -0.1) is 0 Å². The molecule has 1 heterocycles. The molecule has 1 atom stereocenters. The second kappa shape index (κ2) is 2.11. The molecule has 1 aliphatic rings. The number of rotatable bonds is 1. The van der Waals surface area contributed by atoms with E-state index in [-0.39, 0.29) is 0 Å². The van der Waals surface area contributed by atoms with Crippen LogP contribution in [0.2, 0.25) is 0 Å². The Labute approximate surface area is 46.9 Å². The lowest BCUT2D eigenvalue weighted by atomic mass is 10.5. The number of nitrogens with zero attached hydrogens (tertiary/aromatic N) is 1. The maximum Gasteiger partial charge on any atom is 0.337 e. The molecule has 1 unspecified atom stereocenters. The van der Waals surface area contributed by atoms with Crippen LogP contribution in [0.15, 0.2) is 0 Å². The molecule has 0 aromatic carbocycles. The summed E-state index contributed by atoms with van der Waals surface area (Å²) >= 11 is 0. The quantitative estimate of drug-likeness (QED) is 0.442. The van der Waals surface area contributed by atoms with Gasteiger partial charge >= 0.3 is 5.97 Å². The summed E-state index contributed by atoms with van der Waals surface area (Å²) in [5, 5.41) is 14.7. The van der Waals surface area contributed by atoms with Crippen LogP contribution in [-0.2, 0) is 4.79 Å². The van der Waals surface area contributed by atoms with Crippen molar-refractivity contribution in [3.8, 4) is 0 Å². The van der Waals surface area contributed by atoms with Crippen molar-refractivity contribution < 1.29 is 9.90 Å². The van der Waals surface area contributed by atoms with E-state index < -0.39 is 12.1 Å². The third-order valence-electron chi connectivity index (χ3n) is 0.995. The minimum atomic E-state index is -0.887. The molecule has 0 spiro atoms. The molecule has 1 radical (unpaired) electrons. The molecular weight excluding hydrogens is 108 g/mol. The Morgan fingerprint density at radius 3 is 2.88 bits per heavy atom. The maximum atomic E-state index is 10.0. The molecule has 4 nitrogen and oxygen atoms in total. The fourth-order valence-corrected chi connectivity index (χ4v) is 0.625. The molecule has 0 bridgehead atoms. The first-order chi connectivity index (χ1) is 3.80. The zero-order chi connectivity index (χ0) is 5.98. The number of hydrogen-bond acceptors (Lipinski definition) is 2. The Bertz CT molecular complexity index is 98.2. The summed E-state index contributed by atoms with van der Waals surface area (Å²) in [7, 11) is 0. The van der Waals surface area contributed by atoms with Gasteiger partial charge < -0.3 is 5.11 Å². The Kier molecular flexibility index (Phi) is 1.45. The Morgan fingerprint density at radius 1 is 1.88 bits per heavy atom. The smallest absolute Gasteiger partial charge is 0.337 e. The van der Waals surface area contributed by atoms with Crippen LogP contribution in [0.4, 0.5) is 0 Å². The molecule has 8 heavy (non-hydrogen) atoms. The van der Waals surface area contributed by atoms with Crippen LogP contribution in [0.25, 0.3) is 0 Å². The zero-order valence-corrected chi connectivity index (χ0v) is 4.29. The van der Waals surface area contributed by atoms with Crippen molar-refractivity contribution in [1.82, 2.24) is 10.6 Å². The van der Waals surface area contributed by atoms with Crippen molar-refractivity contribution in [2.24, 2.45) is 0 Å². The third kappa shape index (κ3) is 0.962. The lowest BCUT2D eigenvalue weighted by Gasteiger charge is -1.98. The minimum absolute atomic E-state index is 0.622. The van der Waals surface area contributed by atoms with Crippen LogP contribution in [0, 0.1) is 0 Å². The van der Waals surface area contributed by atoms with Crippen molar-refractivity contribution in [1.29, 1.82) is 0 Å². The highest BCUT2D eigenvalue weighted by Gasteiger charge is 2.20. The second-order valence-electron chi connectivity index (χ2n) is 1.60. The topological polar surface area (TPSA) is 63.4 Å². The van der Waals surface area contributed by atoms with Crippen molar-refractivity contribution >= 4 is 5.97 Å². The normalized spacial score (nSPS) is 21.5. The van der Waals surface area contributed by atoms with Gasteiger partial charge in [0.15, 0.2) is 6.17 Å². The molecule has 2 N–H and O–H groups in total. The summed E-state index contributed by atoms with van der Waals surface area (Å²) in [5.41, 5.74) is 0. The van der Waals surface area contributed by atoms with E-state index in [0.29, 0.717) is 13.1 Å². The molecule has 0 aromatic rings. The minimum Gasteiger partial charge on any atom is -0.479 e. The highest BCUT2D eigenvalue weighted by molar-refractivity contribution is 5.73. The summed E-state index contributed by atoms with van der Waals surface area (Å²) in [6.07, 6.45) is -0.644. The van der Waals surface area contributed by atoms with E-state index in [1.54, 1.807) is 0 Å². The van der Waals surface area contributed by atoms with Gasteiger partial charge in [-0.25, -0.2) is 10.1 Å². The van der Waals surface area contributed by atoms with Gasteiger partial charge in [0.25, 0.3) is 0 Å². The number of carboxylic acids is 1. The van der Waals surface area contributed by atoms with E-state index in [0.717, 1.165) is 0 Å². The van der Waals surface area contributed by atoms with Gasteiger partial charge in [-0.05, 0) is 0 Å². The van der Waals surface area contributed by atoms with E-state index in [2.05, 4.69) is 10.6 Å². The Morgan fingerprint density at radius 2 is 2.62 bits per heavy atom. The van der Waals surface area contributed by atoms with Gasteiger partial charge in [-0.3, -0.25) is 5.32 Å². The van der Waals surface area contributed by atoms with Crippen molar-refractivity contribution in [2.45, 2.75) is 6.17 Å². The lowest BCUT2D eigenvalue weighted by Crippen LogP contribution is -2.35. The molecule has 0 saturated carbocycles. The van der Waals surface area contributed by atoms with Crippen LogP contribution in [0.3, 0.4) is 0 Å². The van der Waals surface area contributed by atoms with E-state index in [1.165, 1.54) is 0 Å². The molecule has 0 aliphatic carbocycles. The van der Waals surface area contributed by atoms with E-state index in [4.69, 9.17) is 5.11 Å². The zero-order valence-electron chi connectivity index (χ0n) is 4.29. The number of aliphatic carboxylic acids is 1. The average Bonchev–Trinajstić information content (AvgIpc) is 2.12. The number of carboxylic acid groups (broad SMARTS) is 1. The molecule has 1 saturated heterocycles. The predicted octanol–water partition coefficient (Wildman–Crippen LogP) is -1.40. The van der Waals surface area contributed by atoms with Gasteiger partial charge in [0, 0.05) is 13.1 Å². The summed E-state index contributed by atoms with van der Waals surface area (Å²) in [5.74, 6) is -0.887. The van der Waals surface area contributed by atoms with E-state index >= 15 is 0 Å². The number of carbonyl (C=O) groups is 1. The first-order valence-corrected chi connectivity index (χ1v) is 2.43. The van der Waals surface area contributed by atoms with Gasteiger partial charge in [-0.2, -0.15) is 0 Å². The Balaban J connectivity index is 2.35. The van der Waals surface area contributed by atoms with Gasteiger partial charge in [0.1, 0.15) is 0 Å². The van der Waals surface area contributed by atoms with Crippen LogP contribution in [-0.4, -0.2) is 30.3 Å². The van der Waals surface area contributed by atoms with Crippen LogP contribution in [0.1, 0.15) is 0 Å². The molecule has 4 heteroatoms. The average molecular weight is 115 g/mol. The molecule has 0 amide bonds. The van der Waals surface area contributed by atoms with Gasteiger partial charge in [0.05, 0.1) is 0 Å². The summed E-state index contributed by atoms with van der Waals surface area (Å²) in [6, 6.07) is 0. The molecule has 1 aliphatic heterocycles. The van der Waals surface area contributed by atoms with Crippen LogP contribution < -0.4 is 10.6 Å². The monoisotopic (exact) mass is 115 g/mol. The number of nitrogens with one attached hydrogen (secondary N) is 1. The van der Waals surface area contributed by atoms with Crippen molar-refractivity contribution in [2.75, 3.05) is 13.1 Å². The van der Waals surface area contributed by atoms with E-state index in [9.17, 15) is 4.79 Å². The summed E-state index contributed by atoms with van der Waals surface area (Å²) < 4.78 is 0. The fourth-order valence-electron chi connectivity index (χ4n) is 0.625. The third-order valence-corrected chi connectivity index (χ3v) is 0.995.